The summed E-state index contributed by atoms with van der Waals surface area (Å²) in [5.41, 5.74) is 8.62. The highest BCUT2D eigenvalue weighted by Gasteiger charge is 2.24. The first kappa shape index (κ1) is 18.2. The number of amides is 1. The van der Waals surface area contributed by atoms with Gasteiger partial charge in [-0.25, -0.2) is 0 Å². The molecular weight excluding hydrogens is 296 g/mol. The van der Waals surface area contributed by atoms with Crippen molar-refractivity contribution in [3.8, 4) is 0 Å². The Balaban J connectivity index is 1.77. The summed E-state index contributed by atoms with van der Waals surface area (Å²) >= 11 is 0. The number of carbonyl (C=O) groups excluding carboxylic acids is 1. The van der Waals surface area contributed by atoms with Gasteiger partial charge in [-0.1, -0.05) is 67.6 Å². The van der Waals surface area contributed by atoms with E-state index >= 15 is 0 Å². The Hall–Kier alpha value is -2.13. The second kappa shape index (κ2) is 9.24. The van der Waals surface area contributed by atoms with Crippen molar-refractivity contribution in [1.29, 1.82) is 0 Å². The second-order valence-corrected chi connectivity index (χ2v) is 6.43. The van der Waals surface area contributed by atoms with Gasteiger partial charge in [0, 0.05) is 19.6 Å². The molecule has 2 rings (SSSR count). The van der Waals surface area contributed by atoms with E-state index in [1.54, 1.807) is 0 Å². The molecule has 1 amide bonds. The maximum absolute atomic E-state index is 12.6. The number of nitrogens with zero attached hydrogens (tertiary/aromatic N) is 1. The molecule has 2 atom stereocenters. The van der Waals surface area contributed by atoms with Crippen molar-refractivity contribution >= 4 is 5.91 Å². The van der Waals surface area contributed by atoms with Crippen molar-refractivity contribution in [2.45, 2.75) is 32.2 Å². The first-order valence-corrected chi connectivity index (χ1v) is 8.69. The van der Waals surface area contributed by atoms with Crippen LogP contribution in [0, 0.1) is 5.92 Å². The summed E-state index contributed by atoms with van der Waals surface area (Å²) in [4.78, 5) is 14.4. The number of aryl methyl sites for hydroxylation is 1. The zero-order valence-electron chi connectivity index (χ0n) is 14.7. The van der Waals surface area contributed by atoms with Crippen LogP contribution in [0.2, 0.25) is 0 Å². The zero-order chi connectivity index (χ0) is 17.4. The topological polar surface area (TPSA) is 46.3 Å². The molecule has 0 aliphatic heterocycles. The number of rotatable bonds is 8. The molecule has 128 valence electrons. The van der Waals surface area contributed by atoms with Gasteiger partial charge in [-0.05, 0) is 30.4 Å². The molecule has 0 saturated heterocycles. The fourth-order valence-corrected chi connectivity index (χ4v) is 2.90. The van der Waals surface area contributed by atoms with E-state index in [9.17, 15) is 4.79 Å². The maximum atomic E-state index is 12.6. The van der Waals surface area contributed by atoms with Gasteiger partial charge in [0.1, 0.15) is 0 Å². The van der Waals surface area contributed by atoms with E-state index in [0.29, 0.717) is 0 Å². The number of hydrogen-bond donors (Lipinski definition) is 1. The van der Waals surface area contributed by atoms with Crippen LogP contribution in [-0.2, 0) is 11.2 Å². The molecule has 0 radical (unpaired) electrons. The quantitative estimate of drug-likeness (QED) is 0.751. The van der Waals surface area contributed by atoms with E-state index in [1.807, 2.05) is 55.3 Å². The molecule has 3 nitrogen and oxygen atoms in total. The number of hydrogen-bond acceptors (Lipinski definition) is 2. The smallest absolute Gasteiger partial charge is 0.227 e. The molecule has 0 aliphatic carbocycles. The molecule has 2 aromatic carbocycles. The fraction of sp³-hybridized carbons (Fsp3) is 0.381. The fourth-order valence-electron chi connectivity index (χ4n) is 2.90. The Kier molecular flexibility index (Phi) is 7.01. The number of carbonyl (C=O) groups is 1. The summed E-state index contributed by atoms with van der Waals surface area (Å²) in [7, 11) is 1.87. The van der Waals surface area contributed by atoms with Crippen LogP contribution in [-0.4, -0.2) is 24.4 Å². The molecule has 0 aliphatic rings. The van der Waals surface area contributed by atoms with Crippen molar-refractivity contribution in [3.63, 3.8) is 0 Å². The molecule has 2 N–H and O–H groups in total. The first-order valence-electron chi connectivity index (χ1n) is 8.69. The summed E-state index contributed by atoms with van der Waals surface area (Å²) < 4.78 is 0. The van der Waals surface area contributed by atoms with Crippen LogP contribution in [0.1, 0.15) is 36.9 Å². The lowest BCUT2D eigenvalue weighted by molar-refractivity contribution is -0.134. The average molecular weight is 324 g/mol. The van der Waals surface area contributed by atoms with E-state index < -0.39 is 0 Å². The molecule has 0 heterocycles. The second-order valence-electron chi connectivity index (χ2n) is 6.43. The van der Waals surface area contributed by atoms with Gasteiger partial charge in [0.2, 0.25) is 5.91 Å². The Bertz CT molecular complexity index is 612. The van der Waals surface area contributed by atoms with Crippen molar-refractivity contribution in [1.82, 2.24) is 4.90 Å². The van der Waals surface area contributed by atoms with Gasteiger partial charge < -0.3 is 10.6 Å². The third kappa shape index (κ3) is 5.20. The summed E-state index contributed by atoms with van der Waals surface area (Å²) in [6.07, 6.45) is 3.15. The van der Waals surface area contributed by atoms with E-state index in [2.05, 4.69) is 24.3 Å². The van der Waals surface area contributed by atoms with Crippen LogP contribution in [0.5, 0.6) is 0 Å². The lowest BCUT2D eigenvalue weighted by Crippen LogP contribution is -2.37. The Morgan fingerprint density at radius 1 is 1.00 bits per heavy atom. The Morgan fingerprint density at radius 3 is 2.21 bits per heavy atom. The Labute approximate surface area is 145 Å². The van der Waals surface area contributed by atoms with Crippen LogP contribution in [0.15, 0.2) is 60.7 Å². The van der Waals surface area contributed by atoms with Gasteiger partial charge in [0.15, 0.2) is 0 Å². The normalized spacial score (nSPS) is 13.3. The van der Waals surface area contributed by atoms with Gasteiger partial charge in [-0.3, -0.25) is 4.79 Å². The largest absolute Gasteiger partial charge is 0.345 e. The lowest BCUT2D eigenvalue weighted by Gasteiger charge is -2.25. The van der Waals surface area contributed by atoms with E-state index in [4.69, 9.17) is 5.73 Å². The predicted octanol–water partition coefficient (Wildman–Crippen LogP) is 3.80. The summed E-state index contributed by atoms with van der Waals surface area (Å²) in [6.45, 7) is 2.69. The maximum Gasteiger partial charge on any atom is 0.227 e. The van der Waals surface area contributed by atoms with E-state index in [0.717, 1.165) is 31.4 Å². The minimum Gasteiger partial charge on any atom is -0.345 e. The highest BCUT2D eigenvalue weighted by Crippen LogP contribution is 2.20. The zero-order valence-corrected chi connectivity index (χ0v) is 14.7. The molecule has 0 aromatic heterocycles. The highest BCUT2D eigenvalue weighted by atomic mass is 16.2. The van der Waals surface area contributed by atoms with Crippen molar-refractivity contribution in [2.75, 3.05) is 13.6 Å². The minimum absolute atomic E-state index is 0.117. The highest BCUT2D eigenvalue weighted by molar-refractivity contribution is 5.79. The van der Waals surface area contributed by atoms with Crippen LogP contribution in [0.4, 0.5) is 0 Å². The third-order valence-corrected chi connectivity index (χ3v) is 4.54. The summed E-state index contributed by atoms with van der Waals surface area (Å²) in [5.74, 6) is -0.0995. The summed E-state index contributed by atoms with van der Waals surface area (Å²) in [6, 6.07) is 20.0. The van der Waals surface area contributed by atoms with Crippen molar-refractivity contribution < 1.29 is 4.79 Å². The average Bonchev–Trinajstić information content (AvgIpc) is 2.64. The summed E-state index contributed by atoms with van der Waals surface area (Å²) in [5, 5.41) is 0. The molecule has 0 bridgehead atoms. The molecular formula is C21H28N2O. The van der Waals surface area contributed by atoms with Crippen LogP contribution < -0.4 is 5.73 Å². The van der Waals surface area contributed by atoms with Crippen molar-refractivity contribution in [2.24, 2.45) is 11.7 Å². The van der Waals surface area contributed by atoms with Gasteiger partial charge in [0.05, 0.1) is 5.92 Å². The number of nitrogens with two attached hydrogens (primary N) is 1. The van der Waals surface area contributed by atoms with Crippen LogP contribution in [0.3, 0.4) is 0 Å². The lowest BCUT2D eigenvalue weighted by atomic mass is 9.94. The van der Waals surface area contributed by atoms with E-state index in [-0.39, 0.29) is 17.9 Å². The van der Waals surface area contributed by atoms with Crippen molar-refractivity contribution in [3.05, 3.63) is 71.8 Å². The molecule has 2 aromatic rings. The minimum atomic E-state index is -0.259. The molecule has 24 heavy (non-hydrogen) atoms. The predicted molar refractivity (Wildman–Crippen MR) is 99.6 cm³/mol. The van der Waals surface area contributed by atoms with Gasteiger partial charge in [-0.2, -0.15) is 0 Å². The van der Waals surface area contributed by atoms with Gasteiger partial charge in [-0.15, -0.1) is 0 Å². The first-order chi connectivity index (χ1) is 11.6. The number of benzene rings is 2. The standard InChI is InChI=1S/C21H28N2O/c1-17(20(22)19-14-7-4-8-15-19)21(24)23(2)16-10-9-13-18-11-5-3-6-12-18/h3-8,11-12,14-15,17,20H,9-10,13,16,22H2,1-2H3. The third-order valence-electron chi connectivity index (χ3n) is 4.54. The molecule has 0 saturated carbocycles. The monoisotopic (exact) mass is 324 g/mol. The van der Waals surface area contributed by atoms with Gasteiger partial charge in [0.25, 0.3) is 0 Å². The molecule has 0 spiro atoms. The Morgan fingerprint density at radius 2 is 1.58 bits per heavy atom. The molecule has 2 unspecified atom stereocenters. The van der Waals surface area contributed by atoms with Crippen LogP contribution >= 0.6 is 0 Å². The molecule has 0 fully saturated rings. The van der Waals surface area contributed by atoms with Gasteiger partial charge >= 0.3 is 0 Å². The number of unbranched alkanes of at least 4 members (excludes halogenated alkanes) is 1. The van der Waals surface area contributed by atoms with Crippen LogP contribution in [0.25, 0.3) is 0 Å². The van der Waals surface area contributed by atoms with E-state index in [1.165, 1.54) is 5.56 Å². The SMILES string of the molecule is CC(C(=O)N(C)CCCCc1ccccc1)C(N)c1ccccc1. The molecule has 3 heteroatoms.